The lowest BCUT2D eigenvalue weighted by molar-refractivity contribution is -0.120. The summed E-state index contributed by atoms with van der Waals surface area (Å²) in [6.45, 7) is 2.19. The third-order valence-electron chi connectivity index (χ3n) is 5.24. The van der Waals surface area contributed by atoms with Crippen LogP contribution >= 0.6 is 0 Å². The number of halogens is 2. The lowest BCUT2D eigenvalue weighted by atomic mass is 10.0. The first-order valence-electron chi connectivity index (χ1n) is 10.0. The number of imide groups is 1. The Morgan fingerprint density at radius 2 is 1.59 bits per heavy atom. The summed E-state index contributed by atoms with van der Waals surface area (Å²) in [6, 6.07) is 18.5. The molecule has 1 heterocycles. The fraction of sp³-hybridized carbons (Fsp3) is 0.120. The Morgan fingerprint density at radius 1 is 0.906 bits per heavy atom. The zero-order valence-corrected chi connectivity index (χ0v) is 17.5. The van der Waals surface area contributed by atoms with E-state index < -0.39 is 29.1 Å². The SMILES string of the molecule is CCN(C1=C(c2ccccc2OC)C(=O)N(c2cc(F)ccc2F)C1=O)c1ccccc1. The molecule has 0 saturated carbocycles. The van der Waals surface area contributed by atoms with Crippen LogP contribution in [0.2, 0.25) is 0 Å². The predicted molar refractivity (Wildman–Crippen MR) is 118 cm³/mol. The van der Waals surface area contributed by atoms with Crippen LogP contribution in [-0.4, -0.2) is 25.5 Å². The van der Waals surface area contributed by atoms with Gasteiger partial charge in [-0.3, -0.25) is 9.59 Å². The first-order chi connectivity index (χ1) is 15.5. The highest BCUT2D eigenvalue weighted by Gasteiger charge is 2.44. The van der Waals surface area contributed by atoms with E-state index in [1.807, 2.05) is 25.1 Å². The summed E-state index contributed by atoms with van der Waals surface area (Å²) in [5.74, 6) is -2.76. The number of ether oxygens (including phenoxy) is 1. The number of anilines is 2. The van der Waals surface area contributed by atoms with E-state index in [-0.39, 0.29) is 11.3 Å². The number of para-hydroxylation sites is 2. The lowest BCUT2D eigenvalue weighted by Crippen LogP contribution is -2.36. The fourth-order valence-electron chi connectivity index (χ4n) is 3.82. The molecule has 0 spiro atoms. The van der Waals surface area contributed by atoms with Crippen molar-refractivity contribution in [3.05, 3.63) is 95.7 Å². The number of carbonyl (C=O) groups excluding carboxylic acids is 2. The second-order valence-electron chi connectivity index (χ2n) is 7.05. The van der Waals surface area contributed by atoms with Gasteiger partial charge in [-0.2, -0.15) is 0 Å². The molecule has 0 aliphatic carbocycles. The molecule has 0 N–H and O–H groups in total. The molecule has 0 bridgehead atoms. The summed E-state index contributed by atoms with van der Waals surface area (Å²) in [6.07, 6.45) is 0. The maximum atomic E-state index is 14.6. The van der Waals surface area contributed by atoms with Crippen LogP contribution in [0.4, 0.5) is 20.2 Å². The number of benzene rings is 3. The van der Waals surface area contributed by atoms with Crippen molar-refractivity contribution in [2.75, 3.05) is 23.5 Å². The number of rotatable bonds is 6. The summed E-state index contributed by atoms with van der Waals surface area (Å²) in [5.41, 5.74) is 0.752. The van der Waals surface area contributed by atoms with E-state index in [9.17, 15) is 18.4 Å². The number of amides is 2. The number of carbonyl (C=O) groups is 2. The first-order valence-corrected chi connectivity index (χ1v) is 10.0. The van der Waals surface area contributed by atoms with Crippen molar-refractivity contribution < 1.29 is 23.1 Å². The van der Waals surface area contributed by atoms with Crippen molar-refractivity contribution >= 4 is 28.8 Å². The number of likely N-dealkylation sites (N-methyl/N-ethyl adjacent to an activating group) is 1. The first kappa shape index (κ1) is 21.2. The number of hydrogen-bond donors (Lipinski definition) is 0. The largest absolute Gasteiger partial charge is 0.496 e. The highest BCUT2D eigenvalue weighted by molar-refractivity contribution is 6.46. The van der Waals surface area contributed by atoms with E-state index in [1.165, 1.54) is 7.11 Å². The molecule has 7 heteroatoms. The van der Waals surface area contributed by atoms with Crippen molar-refractivity contribution in [2.24, 2.45) is 0 Å². The second kappa shape index (κ2) is 8.63. The minimum absolute atomic E-state index is 0.0572. The molecule has 2 amide bonds. The Bertz CT molecular complexity index is 1220. The van der Waals surface area contributed by atoms with Crippen LogP contribution in [0, 0.1) is 11.6 Å². The van der Waals surface area contributed by atoms with Gasteiger partial charge in [0.25, 0.3) is 11.8 Å². The number of methoxy groups -OCH3 is 1. The third-order valence-corrected chi connectivity index (χ3v) is 5.24. The molecule has 5 nitrogen and oxygen atoms in total. The molecule has 4 rings (SSSR count). The van der Waals surface area contributed by atoms with Gasteiger partial charge in [0.1, 0.15) is 23.1 Å². The second-order valence-corrected chi connectivity index (χ2v) is 7.05. The highest BCUT2D eigenvalue weighted by Crippen LogP contribution is 2.40. The van der Waals surface area contributed by atoms with E-state index in [0.29, 0.717) is 28.4 Å². The summed E-state index contributed by atoms with van der Waals surface area (Å²) in [4.78, 5) is 29.6. The van der Waals surface area contributed by atoms with E-state index in [2.05, 4.69) is 0 Å². The predicted octanol–water partition coefficient (Wildman–Crippen LogP) is 4.78. The van der Waals surface area contributed by atoms with Crippen molar-refractivity contribution in [2.45, 2.75) is 6.92 Å². The molecule has 0 fully saturated rings. The lowest BCUT2D eigenvalue weighted by Gasteiger charge is -2.25. The van der Waals surface area contributed by atoms with Gasteiger partial charge in [-0.05, 0) is 37.3 Å². The van der Waals surface area contributed by atoms with Crippen LogP contribution in [-0.2, 0) is 9.59 Å². The van der Waals surface area contributed by atoms with Gasteiger partial charge < -0.3 is 9.64 Å². The molecular weight excluding hydrogens is 414 g/mol. The van der Waals surface area contributed by atoms with E-state index in [4.69, 9.17) is 4.74 Å². The molecule has 0 atom stereocenters. The molecule has 0 unspecified atom stereocenters. The van der Waals surface area contributed by atoms with Crippen molar-refractivity contribution in [1.82, 2.24) is 0 Å². The van der Waals surface area contributed by atoms with Crippen molar-refractivity contribution in [3.63, 3.8) is 0 Å². The zero-order valence-electron chi connectivity index (χ0n) is 17.5. The Morgan fingerprint density at radius 3 is 2.28 bits per heavy atom. The quantitative estimate of drug-likeness (QED) is 0.524. The van der Waals surface area contributed by atoms with Crippen LogP contribution in [0.3, 0.4) is 0 Å². The van der Waals surface area contributed by atoms with E-state index in [1.54, 1.807) is 41.3 Å². The Hall–Kier alpha value is -4.00. The molecule has 0 saturated heterocycles. The molecule has 0 radical (unpaired) electrons. The summed E-state index contributed by atoms with van der Waals surface area (Å²) in [7, 11) is 1.46. The fourth-order valence-corrected chi connectivity index (χ4v) is 3.82. The van der Waals surface area contributed by atoms with Gasteiger partial charge in [0.05, 0.1) is 18.4 Å². The molecule has 3 aromatic carbocycles. The topological polar surface area (TPSA) is 49.9 Å². The van der Waals surface area contributed by atoms with Crippen LogP contribution in [0.1, 0.15) is 12.5 Å². The summed E-state index contributed by atoms with van der Waals surface area (Å²) in [5, 5.41) is 0. The van der Waals surface area contributed by atoms with Crippen molar-refractivity contribution in [3.8, 4) is 5.75 Å². The summed E-state index contributed by atoms with van der Waals surface area (Å²) >= 11 is 0. The van der Waals surface area contributed by atoms with Gasteiger partial charge in [-0.25, -0.2) is 13.7 Å². The van der Waals surface area contributed by atoms with Crippen LogP contribution in [0.5, 0.6) is 5.75 Å². The molecule has 1 aliphatic heterocycles. The molecule has 32 heavy (non-hydrogen) atoms. The standard InChI is InChI=1S/C25H20F2N2O3/c1-3-28(17-9-5-4-6-10-17)23-22(18-11-7-8-12-21(18)32-2)24(30)29(25(23)31)20-15-16(26)13-14-19(20)27/h4-15H,3H2,1-2H3. The Labute approximate surface area is 184 Å². The monoisotopic (exact) mass is 434 g/mol. The molecule has 0 aromatic heterocycles. The van der Waals surface area contributed by atoms with Crippen LogP contribution < -0.4 is 14.5 Å². The maximum Gasteiger partial charge on any atom is 0.282 e. The van der Waals surface area contributed by atoms with Gasteiger partial charge in [0.15, 0.2) is 0 Å². The maximum absolute atomic E-state index is 14.6. The summed E-state index contributed by atoms with van der Waals surface area (Å²) < 4.78 is 34.0. The minimum atomic E-state index is -0.878. The van der Waals surface area contributed by atoms with Crippen LogP contribution in [0.25, 0.3) is 5.57 Å². The Balaban J connectivity index is 1.97. The van der Waals surface area contributed by atoms with E-state index in [0.717, 1.165) is 18.2 Å². The molecule has 3 aromatic rings. The normalized spacial score (nSPS) is 13.7. The van der Waals surface area contributed by atoms with Crippen molar-refractivity contribution in [1.29, 1.82) is 0 Å². The third kappa shape index (κ3) is 3.51. The Kier molecular flexibility index (Phi) is 5.73. The smallest absolute Gasteiger partial charge is 0.282 e. The van der Waals surface area contributed by atoms with Gasteiger partial charge in [-0.1, -0.05) is 36.4 Å². The number of nitrogens with zero attached hydrogens (tertiary/aromatic N) is 2. The van der Waals surface area contributed by atoms with Gasteiger partial charge >= 0.3 is 0 Å². The molecule has 162 valence electrons. The average Bonchev–Trinajstić information content (AvgIpc) is 3.06. The van der Waals surface area contributed by atoms with E-state index >= 15 is 0 Å². The molecular formula is C25H20F2N2O3. The van der Waals surface area contributed by atoms with Gasteiger partial charge in [-0.15, -0.1) is 0 Å². The molecule has 1 aliphatic rings. The average molecular weight is 434 g/mol. The number of hydrogen-bond acceptors (Lipinski definition) is 4. The van der Waals surface area contributed by atoms with Gasteiger partial charge in [0, 0.05) is 23.9 Å². The van der Waals surface area contributed by atoms with Gasteiger partial charge in [0.2, 0.25) is 0 Å². The minimum Gasteiger partial charge on any atom is -0.496 e. The van der Waals surface area contributed by atoms with Crippen LogP contribution in [0.15, 0.2) is 78.5 Å². The highest BCUT2D eigenvalue weighted by atomic mass is 19.1. The zero-order chi connectivity index (χ0) is 22.8.